The summed E-state index contributed by atoms with van der Waals surface area (Å²) in [5, 5.41) is 29.3. The quantitative estimate of drug-likeness (QED) is 0.192. The van der Waals surface area contributed by atoms with Gasteiger partial charge >= 0.3 is 0 Å². The number of fused-ring (bicyclic) bond motifs is 2. The number of phenolic OH excluding ortho intramolecular Hbond substituents is 2. The van der Waals surface area contributed by atoms with Gasteiger partial charge in [-0.05, 0) is 109 Å². The van der Waals surface area contributed by atoms with Crippen LogP contribution in [-0.4, -0.2) is 37.5 Å². The standard InChI is InChI=1S/C34H34N2O6.2ClH/c1-39-29-16-21-9-11-35-25-14-20-5-8-27(37)28(15-20)41-23-6-3-19(4-7-23)13-26-32-22(10-12-36-26)17-31(40-2)33(38)34(32)42-30(29)18-24(21)25;;/h3-8,15-18,25-26,35-38H,9-14H2,1-2H3;2*1H/t25-,26+;;/m1../s1. The van der Waals surface area contributed by atoms with Crippen LogP contribution in [0.3, 0.4) is 0 Å². The molecule has 4 aromatic rings. The topological polar surface area (TPSA) is 101 Å². The SMILES string of the molecule is COc1cc2c3cc1Oc1c(O)c(OC)cc4c1[C@H](Cc1ccc(cc1)Oc1cc(ccc1O)C[C@H]3NCC2)NCC4.Cl.Cl. The minimum atomic E-state index is -0.107. The number of methoxy groups -OCH3 is 2. The van der Waals surface area contributed by atoms with E-state index in [0.717, 1.165) is 53.7 Å². The molecule has 4 heterocycles. The molecule has 44 heavy (non-hydrogen) atoms. The highest BCUT2D eigenvalue weighted by molar-refractivity contribution is 5.85. The van der Waals surface area contributed by atoms with Gasteiger partial charge in [0.05, 0.1) is 14.2 Å². The van der Waals surface area contributed by atoms with Crippen molar-refractivity contribution < 1.29 is 29.2 Å². The Balaban J connectivity index is 0.00000192. The summed E-state index contributed by atoms with van der Waals surface area (Å²) in [4.78, 5) is 0. The van der Waals surface area contributed by atoms with Crippen LogP contribution in [0.4, 0.5) is 0 Å². The number of nitrogens with one attached hydrogen (secondary N) is 2. The van der Waals surface area contributed by atoms with Gasteiger partial charge in [-0.1, -0.05) is 18.2 Å². The van der Waals surface area contributed by atoms with Gasteiger partial charge in [-0.2, -0.15) is 0 Å². The van der Waals surface area contributed by atoms with Crippen LogP contribution in [0.5, 0.6) is 46.0 Å². The molecule has 4 aromatic carbocycles. The fraction of sp³-hybridized carbons (Fsp3) is 0.294. The summed E-state index contributed by atoms with van der Waals surface area (Å²) in [6, 6.07) is 19.3. The Morgan fingerprint density at radius 3 is 2.11 bits per heavy atom. The van der Waals surface area contributed by atoms with Crippen LogP contribution in [0.25, 0.3) is 0 Å². The first-order valence-corrected chi connectivity index (χ1v) is 14.4. The van der Waals surface area contributed by atoms with E-state index < -0.39 is 0 Å². The first-order chi connectivity index (χ1) is 20.5. The number of rotatable bonds is 2. The molecule has 8 rings (SSSR count). The summed E-state index contributed by atoms with van der Waals surface area (Å²) in [6.45, 7) is 1.61. The molecule has 10 heteroatoms. The Labute approximate surface area is 269 Å². The third-order valence-corrected chi connectivity index (χ3v) is 8.55. The third kappa shape index (κ3) is 5.83. The monoisotopic (exact) mass is 638 g/mol. The van der Waals surface area contributed by atoms with Gasteiger partial charge in [-0.15, -0.1) is 24.8 Å². The summed E-state index contributed by atoms with van der Waals surface area (Å²) in [6.07, 6.45) is 2.98. The Morgan fingerprint density at radius 1 is 0.705 bits per heavy atom. The number of hydrogen-bond donors (Lipinski definition) is 4. The molecule has 0 unspecified atom stereocenters. The summed E-state index contributed by atoms with van der Waals surface area (Å²) in [7, 11) is 3.19. The molecule has 4 aliphatic rings. The van der Waals surface area contributed by atoms with Gasteiger partial charge in [-0.3, -0.25) is 0 Å². The molecule has 8 nitrogen and oxygen atoms in total. The second kappa shape index (κ2) is 13.0. The second-order valence-electron chi connectivity index (χ2n) is 11.1. The maximum atomic E-state index is 11.4. The van der Waals surface area contributed by atoms with Crippen molar-refractivity contribution >= 4 is 24.8 Å². The van der Waals surface area contributed by atoms with Crippen LogP contribution in [0.1, 0.15) is 45.5 Å². The van der Waals surface area contributed by atoms with E-state index in [9.17, 15) is 10.2 Å². The molecule has 0 spiro atoms. The van der Waals surface area contributed by atoms with Crippen LogP contribution in [-0.2, 0) is 25.7 Å². The van der Waals surface area contributed by atoms with Crippen molar-refractivity contribution in [1.82, 2.24) is 10.6 Å². The first-order valence-electron chi connectivity index (χ1n) is 14.4. The maximum absolute atomic E-state index is 11.4. The molecule has 0 aliphatic carbocycles. The molecule has 0 saturated carbocycles. The van der Waals surface area contributed by atoms with E-state index in [0.29, 0.717) is 47.3 Å². The highest BCUT2D eigenvalue weighted by atomic mass is 35.5. The summed E-state index contributed by atoms with van der Waals surface area (Å²) in [5.74, 6) is 3.03. The van der Waals surface area contributed by atoms with Gasteiger partial charge < -0.3 is 39.8 Å². The molecular weight excluding hydrogens is 603 g/mol. The summed E-state index contributed by atoms with van der Waals surface area (Å²) < 4.78 is 24.2. The van der Waals surface area contributed by atoms with Gasteiger partial charge in [0.25, 0.3) is 0 Å². The van der Waals surface area contributed by atoms with E-state index in [-0.39, 0.29) is 48.4 Å². The van der Waals surface area contributed by atoms with Crippen molar-refractivity contribution in [3.05, 3.63) is 94.0 Å². The Hall–Kier alpha value is -3.82. The molecule has 4 aliphatic heterocycles. The van der Waals surface area contributed by atoms with E-state index in [2.05, 4.69) is 10.6 Å². The van der Waals surface area contributed by atoms with Gasteiger partial charge in [0.2, 0.25) is 5.75 Å². The van der Waals surface area contributed by atoms with Crippen molar-refractivity contribution in [1.29, 1.82) is 0 Å². The molecule has 0 saturated heterocycles. The van der Waals surface area contributed by atoms with Crippen LogP contribution in [0, 0.1) is 0 Å². The number of aromatic hydroxyl groups is 2. The van der Waals surface area contributed by atoms with Crippen molar-refractivity contribution in [3.8, 4) is 46.0 Å². The molecular formula is C34H36Cl2N2O6. The predicted octanol–water partition coefficient (Wildman–Crippen LogP) is 6.72. The van der Waals surface area contributed by atoms with Gasteiger partial charge in [0.15, 0.2) is 34.5 Å². The predicted molar refractivity (Wildman–Crippen MR) is 173 cm³/mol. The lowest BCUT2D eigenvalue weighted by Crippen LogP contribution is -2.32. The fourth-order valence-electron chi connectivity index (χ4n) is 6.44. The number of hydrogen-bond acceptors (Lipinski definition) is 8. The van der Waals surface area contributed by atoms with Crippen LogP contribution < -0.4 is 29.6 Å². The summed E-state index contributed by atoms with van der Waals surface area (Å²) >= 11 is 0. The van der Waals surface area contributed by atoms with E-state index in [4.69, 9.17) is 18.9 Å². The molecule has 232 valence electrons. The van der Waals surface area contributed by atoms with Crippen molar-refractivity contribution in [2.24, 2.45) is 0 Å². The van der Waals surface area contributed by atoms with Crippen LogP contribution in [0.2, 0.25) is 0 Å². The van der Waals surface area contributed by atoms with Gasteiger partial charge in [0, 0.05) is 17.6 Å². The van der Waals surface area contributed by atoms with Crippen LogP contribution in [0.15, 0.2) is 60.7 Å². The Bertz CT molecular complexity index is 1660. The average Bonchev–Trinajstić information content (AvgIpc) is 3.00. The van der Waals surface area contributed by atoms with Gasteiger partial charge in [0.1, 0.15) is 5.75 Å². The Morgan fingerprint density at radius 2 is 1.36 bits per heavy atom. The number of ether oxygens (including phenoxy) is 4. The van der Waals surface area contributed by atoms with Crippen molar-refractivity contribution in [2.75, 3.05) is 27.3 Å². The lowest BCUT2D eigenvalue weighted by Gasteiger charge is -2.31. The fourth-order valence-corrected chi connectivity index (χ4v) is 6.44. The van der Waals surface area contributed by atoms with Crippen molar-refractivity contribution in [2.45, 2.75) is 37.8 Å². The molecule has 6 bridgehead atoms. The highest BCUT2D eigenvalue weighted by Gasteiger charge is 2.31. The van der Waals surface area contributed by atoms with Gasteiger partial charge in [-0.25, -0.2) is 0 Å². The highest BCUT2D eigenvalue weighted by Crippen LogP contribution is 2.49. The molecule has 0 amide bonds. The lowest BCUT2D eigenvalue weighted by atomic mass is 9.88. The van der Waals surface area contributed by atoms with E-state index in [1.165, 1.54) is 5.56 Å². The summed E-state index contributed by atoms with van der Waals surface area (Å²) in [5.41, 5.74) is 6.39. The second-order valence-corrected chi connectivity index (χ2v) is 11.1. The smallest absolute Gasteiger partial charge is 0.201 e. The zero-order valence-corrected chi connectivity index (χ0v) is 26.1. The number of halogens is 2. The largest absolute Gasteiger partial charge is 0.504 e. The van der Waals surface area contributed by atoms with Crippen molar-refractivity contribution in [3.63, 3.8) is 0 Å². The zero-order chi connectivity index (χ0) is 28.8. The van der Waals surface area contributed by atoms with E-state index in [1.54, 1.807) is 20.3 Å². The molecule has 2 atom stereocenters. The molecule has 0 fully saturated rings. The minimum absolute atomic E-state index is 0. The lowest BCUT2D eigenvalue weighted by molar-refractivity contribution is 0.334. The Kier molecular flexibility index (Phi) is 9.37. The first kappa shape index (κ1) is 31.6. The van der Waals surface area contributed by atoms with Crippen LogP contribution >= 0.6 is 24.8 Å². The van der Waals surface area contributed by atoms with E-state index >= 15 is 0 Å². The molecule has 4 N–H and O–H groups in total. The van der Waals surface area contributed by atoms with E-state index in [1.807, 2.05) is 54.6 Å². The minimum Gasteiger partial charge on any atom is -0.504 e. The molecule has 0 aromatic heterocycles. The average molecular weight is 640 g/mol. The normalized spacial score (nSPS) is 18.1. The number of phenols is 2. The molecule has 0 radical (unpaired) electrons. The third-order valence-electron chi connectivity index (χ3n) is 8.55. The number of benzene rings is 4. The zero-order valence-electron chi connectivity index (χ0n) is 24.5. The maximum Gasteiger partial charge on any atom is 0.201 e.